The molecule has 5 heteroatoms. The molecule has 0 N–H and O–H groups in total. The van der Waals surface area contributed by atoms with Gasteiger partial charge < -0.3 is 18.3 Å². The SMILES string of the molecule is CO[Si](OC)c1ccc2c(c1)COC1(CCCC1)O2. The first-order chi connectivity index (χ1) is 9.26. The number of fused-ring (bicyclic) bond motifs is 1. The normalized spacial score (nSPS) is 20.6. The van der Waals surface area contributed by atoms with Crippen LogP contribution in [-0.4, -0.2) is 29.3 Å². The standard InChI is InChI=1S/C14H19O4Si/c1-15-19(16-2)12-5-6-13-11(9-12)10-17-14(18-13)7-3-4-8-14/h5-6,9H,3-4,7-8,10H2,1-2H3. The van der Waals surface area contributed by atoms with E-state index in [0.717, 1.165) is 29.3 Å². The van der Waals surface area contributed by atoms with Crippen molar-refractivity contribution in [2.45, 2.75) is 38.1 Å². The second-order valence-corrected chi connectivity index (χ2v) is 7.00. The summed E-state index contributed by atoms with van der Waals surface area (Å²) in [5, 5.41) is 1.09. The maximum atomic E-state index is 6.09. The highest BCUT2D eigenvalue weighted by atomic mass is 28.3. The van der Waals surface area contributed by atoms with Gasteiger partial charge >= 0.3 is 9.28 Å². The van der Waals surface area contributed by atoms with E-state index < -0.39 is 9.28 Å². The van der Waals surface area contributed by atoms with Gasteiger partial charge in [0.15, 0.2) is 0 Å². The highest BCUT2D eigenvalue weighted by molar-refractivity contribution is 6.61. The molecule has 1 radical (unpaired) electrons. The monoisotopic (exact) mass is 279 g/mol. The average molecular weight is 279 g/mol. The molecule has 0 bridgehead atoms. The van der Waals surface area contributed by atoms with Gasteiger partial charge in [0.1, 0.15) is 5.75 Å². The molecule has 1 fully saturated rings. The topological polar surface area (TPSA) is 36.9 Å². The van der Waals surface area contributed by atoms with Gasteiger partial charge in [-0.25, -0.2) is 0 Å². The first-order valence-corrected chi connectivity index (χ1v) is 7.99. The molecule has 2 aliphatic rings. The van der Waals surface area contributed by atoms with Crippen LogP contribution in [0.5, 0.6) is 5.75 Å². The Balaban J connectivity index is 1.84. The van der Waals surface area contributed by atoms with E-state index in [9.17, 15) is 0 Å². The molecule has 1 aromatic carbocycles. The first-order valence-electron chi connectivity index (χ1n) is 6.67. The van der Waals surface area contributed by atoms with Crippen molar-refractivity contribution >= 4 is 14.5 Å². The van der Waals surface area contributed by atoms with E-state index in [4.69, 9.17) is 18.3 Å². The van der Waals surface area contributed by atoms with Crippen molar-refractivity contribution in [3.63, 3.8) is 0 Å². The van der Waals surface area contributed by atoms with Crippen LogP contribution in [0, 0.1) is 0 Å². The maximum absolute atomic E-state index is 6.09. The Bertz CT molecular complexity index is 453. The third-order valence-corrected chi connectivity index (χ3v) is 5.34. The quantitative estimate of drug-likeness (QED) is 0.791. The van der Waals surface area contributed by atoms with Crippen LogP contribution >= 0.6 is 0 Å². The lowest BCUT2D eigenvalue weighted by atomic mass is 10.1. The molecule has 4 nitrogen and oxygen atoms in total. The third kappa shape index (κ3) is 2.43. The summed E-state index contributed by atoms with van der Waals surface area (Å²) in [4.78, 5) is 0. The smallest absolute Gasteiger partial charge is 0.423 e. The zero-order valence-corrected chi connectivity index (χ0v) is 12.4. The lowest BCUT2D eigenvalue weighted by molar-refractivity contribution is -0.200. The lowest BCUT2D eigenvalue weighted by Crippen LogP contribution is -2.40. The molecule has 1 aliphatic carbocycles. The van der Waals surface area contributed by atoms with Crippen LogP contribution in [0.1, 0.15) is 31.2 Å². The summed E-state index contributed by atoms with van der Waals surface area (Å²) in [6.07, 6.45) is 4.38. The molecular formula is C14H19O4Si. The van der Waals surface area contributed by atoms with Crippen molar-refractivity contribution in [2.24, 2.45) is 0 Å². The molecule has 1 heterocycles. The first kappa shape index (κ1) is 13.1. The highest BCUT2D eigenvalue weighted by Crippen LogP contribution is 2.40. The van der Waals surface area contributed by atoms with Crippen LogP contribution in [-0.2, 0) is 20.2 Å². The van der Waals surface area contributed by atoms with Crippen LogP contribution in [0.25, 0.3) is 0 Å². The van der Waals surface area contributed by atoms with Crippen LogP contribution < -0.4 is 9.92 Å². The van der Waals surface area contributed by atoms with Crippen molar-refractivity contribution in [3.8, 4) is 5.75 Å². The minimum atomic E-state index is -1.37. The van der Waals surface area contributed by atoms with E-state index in [1.165, 1.54) is 12.8 Å². The Morgan fingerprint density at radius 1 is 1.16 bits per heavy atom. The lowest BCUT2D eigenvalue weighted by Gasteiger charge is -2.35. The summed E-state index contributed by atoms with van der Waals surface area (Å²) >= 11 is 0. The zero-order valence-electron chi connectivity index (χ0n) is 11.4. The van der Waals surface area contributed by atoms with Gasteiger partial charge in [-0.15, -0.1) is 0 Å². The van der Waals surface area contributed by atoms with E-state index in [0.29, 0.717) is 6.61 Å². The average Bonchev–Trinajstić information content (AvgIpc) is 2.88. The molecule has 3 rings (SSSR count). The van der Waals surface area contributed by atoms with E-state index in [1.54, 1.807) is 14.2 Å². The van der Waals surface area contributed by atoms with Gasteiger partial charge in [-0.1, -0.05) is 6.07 Å². The zero-order chi connectivity index (χ0) is 13.3. The molecule has 19 heavy (non-hydrogen) atoms. The van der Waals surface area contributed by atoms with Crippen LogP contribution in [0.15, 0.2) is 18.2 Å². The van der Waals surface area contributed by atoms with Gasteiger partial charge in [0.05, 0.1) is 6.61 Å². The summed E-state index contributed by atoms with van der Waals surface area (Å²) < 4.78 is 22.8. The number of ether oxygens (including phenoxy) is 2. The molecule has 0 unspecified atom stereocenters. The number of hydrogen-bond donors (Lipinski definition) is 0. The second kappa shape index (κ2) is 5.24. The van der Waals surface area contributed by atoms with Crippen molar-refractivity contribution in [2.75, 3.05) is 14.2 Å². The van der Waals surface area contributed by atoms with Gasteiger partial charge in [-0.3, -0.25) is 0 Å². The molecule has 1 saturated carbocycles. The van der Waals surface area contributed by atoms with Crippen molar-refractivity contribution in [1.82, 2.24) is 0 Å². The van der Waals surface area contributed by atoms with E-state index in [2.05, 4.69) is 6.07 Å². The number of hydrogen-bond acceptors (Lipinski definition) is 4. The van der Waals surface area contributed by atoms with Gasteiger partial charge in [-0.05, 0) is 30.2 Å². The summed E-state index contributed by atoms with van der Waals surface area (Å²) in [6.45, 7) is 0.617. The van der Waals surface area contributed by atoms with Gasteiger partial charge in [0.2, 0.25) is 5.79 Å². The van der Waals surface area contributed by atoms with Crippen LogP contribution in [0.2, 0.25) is 0 Å². The fourth-order valence-corrected chi connectivity index (χ4v) is 3.99. The Labute approximate surface area is 115 Å². The molecule has 1 aliphatic heterocycles. The minimum absolute atomic E-state index is 0.356. The van der Waals surface area contributed by atoms with Gasteiger partial charge in [0.25, 0.3) is 0 Å². The largest absolute Gasteiger partial charge is 0.462 e. The summed E-state index contributed by atoms with van der Waals surface area (Å²) in [6, 6.07) is 6.14. The molecule has 1 aromatic rings. The predicted molar refractivity (Wildman–Crippen MR) is 72.5 cm³/mol. The Hall–Kier alpha value is -0.883. The van der Waals surface area contributed by atoms with Crippen LogP contribution in [0.3, 0.4) is 0 Å². The fourth-order valence-electron chi connectivity index (χ4n) is 2.84. The van der Waals surface area contributed by atoms with E-state index in [-0.39, 0.29) is 5.79 Å². The molecule has 103 valence electrons. The molecule has 0 atom stereocenters. The summed E-state index contributed by atoms with van der Waals surface area (Å²) in [5.74, 6) is 0.593. The fraction of sp³-hybridized carbons (Fsp3) is 0.571. The Morgan fingerprint density at radius 3 is 2.58 bits per heavy atom. The van der Waals surface area contributed by atoms with Crippen LogP contribution in [0.4, 0.5) is 0 Å². The maximum Gasteiger partial charge on any atom is 0.423 e. The van der Waals surface area contributed by atoms with Gasteiger partial charge in [0, 0.05) is 32.6 Å². The molecular weight excluding hydrogens is 260 g/mol. The van der Waals surface area contributed by atoms with E-state index >= 15 is 0 Å². The highest BCUT2D eigenvalue weighted by Gasteiger charge is 2.40. The third-order valence-electron chi connectivity index (χ3n) is 3.82. The van der Waals surface area contributed by atoms with Gasteiger partial charge in [-0.2, -0.15) is 0 Å². The number of rotatable bonds is 3. The molecule has 0 aromatic heterocycles. The molecule has 0 saturated heterocycles. The predicted octanol–water partition coefficient (Wildman–Crippen LogP) is 1.85. The van der Waals surface area contributed by atoms with Crippen molar-refractivity contribution < 1.29 is 18.3 Å². The minimum Gasteiger partial charge on any atom is -0.462 e. The van der Waals surface area contributed by atoms with Crippen molar-refractivity contribution in [1.29, 1.82) is 0 Å². The Morgan fingerprint density at radius 2 is 1.89 bits per heavy atom. The van der Waals surface area contributed by atoms with Crippen molar-refractivity contribution in [3.05, 3.63) is 23.8 Å². The van der Waals surface area contributed by atoms with E-state index in [1.807, 2.05) is 12.1 Å². The summed E-state index contributed by atoms with van der Waals surface area (Å²) in [7, 11) is 1.99. The number of benzene rings is 1. The second-order valence-electron chi connectivity index (χ2n) is 5.03. The summed E-state index contributed by atoms with van der Waals surface area (Å²) in [5.41, 5.74) is 1.09. The molecule has 0 amide bonds. The Kier molecular flexibility index (Phi) is 3.62. The molecule has 1 spiro atoms.